The van der Waals surface area contributed by atoms with Gasteiger partial charge in [0.05, 0.1) is 0 Å². The summed E-state index contributed by atoms with van der Waals surface area (Å²) in [5.41, 5.74) is -0.210. The molecular formula is C21H15ClO2. The van der Waals surface area contributed by atoms with Gasteiger partial charge in [-0.15, -0.1) is 6.42 Å². The fourth-order valence-corrected chi connectivity index (χ4v) is 2.54. The highest BCUT2D eigenvalue weighted by Crippen LogP contribution is 2.31. The minimum Gasteiger partial charge on any atom is -0.457 e. The molecule has 118 valence electrons. The molecule has 0 aliphatic heterocycles. The van der Waals surface area contributed by atoms with Gasteiger partial charge in [-0.2, -0.15) is 0 Å². The molecule has 0 amide bonds. The van der Waals surface area contributed by atoms with Crippen LogP contribution < -0.4 is 4.74 Å². The van der Waals surface area contributed by atoms with E-state index < -0.39 is 5.60 Å². The van der Waals surface area contributed by atoms with E-state index in [0.29, 0.717) is 27.6 Å². The maximum Gasteiger partial charge on any atom is 0.176 e. The number of aliphatic hydroxyl groups is 1. The second-order valence-electron chi connectivity index (χ2n) is 5.30. The number of hydrogen-bond donors (Lipinski definition) is 1. The molecule has 2 nitrogen and oxygen atoms in total. The monoisotopic (exact) mass is 334 g/mol. The van der Waals surface area contributed by atoms with Crippen LogP contribution in [0.25, 0.3) is 0 Å². The Kier molecular flexibility index (Phi) is 4.57. The highest BCUT2D eigenvalue weighted by molar-refractivity contribution is 6.30. The molecule has 3 aromatic carbocycles. The highest BCUT2D eigenvalue weighted by Gasteiger charge is 2.28. The van der Waals surface area contributed by atoms with Gasteiger partial charge in [0.1, 0.15) is 11.5 Å². The molecule has 0 radical (unpaired) electrons. The summed E-state index contributed by atoms with van der Waals surface area (Å²) in [6.07, 6.45) is 5.60. The van der Waals surface area contributed by atoms with Crippen LogP contribution in [0.15, 0.2) is 78.9 Å². The van der Waals surface area contributed by atoms with E-state index in [9.17, 15) is 5.11 Å². The fourth-order valence-electron chi connectivity index (χ4n) is 2.42. The first-order valence-electron chi connectivity index (χ1n) is 7.41. The van der Waals surface area contributed by atoms with E-state index in [2.05, 4.69) is 5.92 Å². The minimum absolute atomic E-state index is 0.611. The Morgan fingerprint density at radius 2 is 1.29 bits per heavy atom. The van der Waals surface area contributed by atoms with E-state index in [1.54, 1.807) is 60.7 Å². The van der Waals surface area contributed by atoms with Crippen molar-refractivity contribution in [3.05, 3.63) is 95.0 Å². The zero-order valence-corrected chi connectivity index (χ0v) is 13.6. The Balaban J connectivity index is 1.86. The molecule has 0 spiro atoms. The van der Waals surface area contributed by atoms with Crippen LogP contribution in [0.2, 0.25) is 5.02 Å². The van der Waals surface area contributed by atoms with Gasteiger partial charge in [0.15, 0.2) is 5.60 Å². The van der Waals surface area contributed by atoms with Crippen molar-refractivity contribution in [2.75, 3.05) is 0 Å². The van der Waals surface area contributed by atoms with Gasteiger partial charge in [0.2, 0.25) is 0 Å². The summed E-state index contributed by atoms with van der Waals surface area (Å²) in [4.78, 5) is 0. The smallest absolute Gasteiger partial charge is 0.176 e. The maximum absolute atomic E-state index is 10.9. The summed E-state index contributed by atoms with van der Waals surface area (Å²) < 4.78 is 5.75. The Bertz CT molecular complexity index is 849. The predicted molar refractivity (Wildman–Crippen MR) is 96.2 cm³/mol. The zero-order valence-electron chi connectivity index (χ0n) is 12.8. The molecule has 3 heteroatoms. The van der Waals surface area contributed by atoms with Crippen LogP contribution in [0.3, 0.4) is 0 Å². The van der Waals surface area contributed by atoms with Gasteiger partial charge in [0.25, 0.3) is 0 Å². The SMILES string of the molecule is C#CC(O)(c1ccccc1)c1ccc(Oc2ccc(Cl)cc2)cc1. The Labute approximate surface area is 146 Å². The van der Waals surface area contributed by atoms with Crippen LogP contribution in [0, 0.1) is 12.3 Å². The Morgan fingerprint density at radius 1 is 0.792 bits per heavy atom. The first-order valence-corrected chi connectivity index (χ1v) is 7.79. The van der Waals surface area contributed by atoms with E-state index >= 15 is 0 Å². The second kappa shape index (κ2) is 6.80. The van der Waals surface area contributed by atoms with Gasteiger partial charge in [-0.3, -0.25) is 0 Å². The third-order valence-electron chi connectivity index (χ3n) is 3.72. The molecule has 1 unspecified atom stereocenters. The van der Waals surface area contributed by atoms with Crippen molar-refractivity contribution in [3.8, 4) is 23.8 Å². The Morgan fingerprint density at radius 3 is 1.83 bits per heavy atom. The van der Waals surface area contributed by atoms with E-state index in [0.717, 1.165) is 0 Å². The lowest BCUT2D eigenvalue weighted by atomic mass is 9.87. The molecule has 0 bridgehead atoms. The van der Waals surface area contributed by atoms with Gasteiger partial charge in [0, 0.05) is 16.1 Å². The third kappa shape index (κ3) is 3.28. The Hall–Kier alpha value is -2.73. The number of ether oxygens (including phenoxy) is 1. The summed E-state index contributed by atoms with van der Waals surface area (Å²) in [5.74, 6) is 3.82. The van der Waals surface area contributed by atoms with Crippen molar-refractivity contribution >= 4 is 11.6 Å². The number of hydrogen-bond acceptors (Lipinski definition) is 2. The first kappa shape index (κ1) is 16.1. The maximum atomic E-state index is 10.9. The minimum atomic E-state index is -1.47. The molecule has 1 N–H and O–H groups in total. The van der Waals surface area contributed by atoms with Crippen molar-refractivity contribution in [2.45, 2.75) is 5.60 Å². The molecule has 0 aliphatic rings. The molecule has 0 saturated carbocycles. The summed E-state index contributed by atoms with van der Waals surface area (Å²) in [6.45, 7) is 0. The van der Waals surface area contributed by atoms with Crippen LogP contribution in [0.1, 0.15) is 11.1 Å². The van der Waals surface area contributed by atoms with Gasteiger partial charge < -0.3 is 9.84 Å². The highest BCUT2D eigenvalue weighted by atomic mass is 35.5. The predicted octanol–water partition coefficient (Wildman–Crippen LogP) is 5.00. The van der Waals surface area contributed by atoms with E-state index in [1.165, 1.54) is 0 Å². The molecule has 3 aromatic rings. The average molecular weight is 335 g/mol. The summed E-state index contributed by atoms with van der Waals surface area (Å²) in [6, 6.07) is 23.3. The summed E-state index contributed by atoms with van der Waals surface area (Å²) in [5, 5.41) is 11.5. The van der Waals surface area contributed by atoms with Gasteiger partial charge in [-0.1, -0.05) is 60.0 Å². The zero-order chi connectivity index (χ0) is 17.0. The standard InChI is InChI=1S/C21H15ClO2/c1-2-21(23,16-6-4-3-5-7-16)17-8-12-19(13-9-17)24-20-14-10-18(22)11-15-20/h1,3-15,23H. The van der Waals surface area contributed by atoms with Crippen molar-refractivity contribution in [2.24, 2.45) is 0 Å². The second-order valence-corrected chi connectivity index (χ2v) is 5.74. The normalized spacial score (nSPS) is 12.9. The largest absolute Gasteiger partial charge is 0.457 e. The molecule has 0 saturated heterocycles. The van der Waals surface area contributed by atoms with Crippen LogP contribution in [0.5, 0.6) is 11.5 Å². The molecule has 24 heavy (non-hydrogen) atoms. The van der Waals surface area contributed by atoms with Crippen molar-refractivity contribution in [3.63, 3.8) is 0 Å². The number of benzene rings is 3. The lowest BCUT2D eigenvalue weighted by molar-refractivity contribution is 0.145. The summed E-state index contributed by atoms with van der Waals surface area (Å²) >= 11 is 5.86. The number of terminal acetylenes is 1. The molecular weight excluding hydrogens is 320 g/mol. The molecule has 0 aromatic heterocycles. The van der Waals surface area contributed by atoms with Crippen LogP contribution in [-0.2, 0) is 5.60 Å². The summed E-state index contributed by atoms with van der Waals surface area (Å²) in [7, 11) is 0. The lowest BCUT2D eigenvalue weighted by Crippen LogP contribution is -2.24. The van der Waals surface area contributed by atoms with Gasteiger partial charge in [-0.05, 0) is 36.4 Å². The topological polar surface area (TPSA) is 29.5 Å². The van der Waals surface area contributed by atoms with Crippen LogP contribution >= 0.6 is 11.6 Å². The molecule has 3 rings (SSSR count). The average Bonchev–Trinajstić information content (AvgIpc) is 2.64. The quantitative estimate of drug-likeness (QED) is 0.680. The van der Waals surface area contributed by atoms with Gasteiger partial charge >= 0.3 is 0 Å². The van der Waals surface area contributed by atoms with Crippen molar-refractivity contribution < 1.29 is 9.84 Å². The molecule has 0 heterocycles. The van der Waals surface area contributed by atoms with Crippen LogP contribution in [-0.4, -0.2) is 5.11 Å². The molecule has 0 fully saturated rings. The van der Waals surface area contributed by atoms with Crippen molar-refractivity contribution in [1.29, 1.82) is 0 Å². The van der Waals surface area contributed by atoms with E-state index in [1.807, 2.05) is 18.2 Å². The van der Waals surface area contributed by atoms with Crippen LogP contribution in [0.4, 0.5) is 0 Å². The van der Waals surface area contributed by atoms with Crippen molar-refractivity contribution in [1.82, 2.24) is 0 Å². The molecule has 1 atom stereocenters. The fraction of sp³-hybridized carbons (Fsp3) is 0.0476. The van der Waals surface area contributed by atoms with E-state index in [-0.39, 0.29) is 0 Å². The van der Waals surface area contributed by atoms with E-state index in [4.69, 9.17) is 22.8 Å². The molecule has 0 aliphatic carbocycles. The lowest BCUT2D eigenvalue weighted by Gasteiger charge is -2.23. The third-order valence-corrected chi connectivity index (χ3v) is 3.97. The first-order chi connectivity index (χ1) is 11.6. The number of rotatable bonds is 4. The number of halogens is 1. The van der Waals surface area contributed by atoms with Gasteiger partial charge in [-0.25, -0.2) is 0 Å².